The fraction of sp³-hybridized carbons (Fsp3) is 0.786. The zero-order chi connectivity index (χ0) is 14.5. The number of halogens is 1. The summed E-state index contributed by atoms with van der Waals surface area (Å²) in [6.45, 7) is 9.12. The summed E-state index contributed by atoms with van der Waals surface area (Å²) in [5, 5.41) is 8.60. The van der Waals surface area contributed by atoms with Crippen molar-refractivity contribution in [3.05, 3.63) is 16.9 Å². The maximum Gasteiger partial charge on any atom is 0.102 e. The van der Waals surface area contributed by atoms with Gasteiger partial charge < -0.3 is 14.8 Å². The first kappa shape index (κ1) is 15.8. The maximum absolute atomic E-state index is 6.36. The van der Waals surface area contributed by atoms with Crippen LogP contribution in [0.2, 0.25) is 5.02 Å². The van der Waals surface area contributed by atoms with Crippen LogP contribution >= 0.6 is 11.6 Å². The number of nitrogens with one attached hydrogen (secondary N) is 1. The summed E-state index contributed by atoms with van der Waals surface area (Å²) in [5.41, 5.74) is 0.991. The monoisotopic (exact) mass is 301 g/mol. The van der Waals surface area contributed by atoms with Gasteiger partial charge in [0.2, 0.25) is 0 Å². The van der Waals surface area contributed by atoms with Crippen molar-refractivity contribution in [2.24, 2.45) is 0 Å². The summed E-state index contributed by atoms with van der Waals surface area (Å²) < 4.78 is 13.4. The summed E-state index contributed by atoms with van der Waals surface area (Å²) in [4.78, 5) is 0. The van der Waals surface area contributed by atoms with Gasteiger partial charge in [-0.2, -0.15) is 5.10 Å². The molecule has 1 saturated heterocycles. The van der Waals surface area contributed by atoms with Crippen LogP contribution in [0.4, 0.5) is 0 Å². The quantitative estimate of drug-likeness (QED) is 0.877. The van der Waals surface area contributed by atoms with E-state index in [1.165, 1.54) is 0 Å². The van der Waals surface area contributed by atoms with E-state index in [2.05, 4.69) is 31.2 Å². The van der Waals surface area contributed by atoms with E-state index in [9.17, 15) is 0 Å². The normalized spacial score (nSPS) is 21.4. The van der Waals surface area contributed by atoms with Gasteiger partial charge in [0.15, 0.2) is 0 Å². The maximum atomic E-state index is 6.36. The van der Waals surface area contributed by atoms with E-state index in [0.717, 1.165) is 18.7 Å². The van der Waals surface area contributed by atoms with Crippen LogP contribution in [0.5, 0.6) is 0 Å². The third-order valence-electron chi connectivity index (χ3n) is 3.40. The van der Waals surface area contributed by atoms with Crippen LogP contribution in [0.15, 0.2) is 6.20 Å². The molecule has 1 aromatic rings. The van der Waals surface area contributed by atoms with Gasteiger partial charge in [0, 0.05) is 6.04 Å². The minimum absolute atomic E-state index is 0.00708. The third kappa shape index (κ3) is 3.52. The predicted octanol–water partition coefficient (Wildman–Crippen LogP) is 2.57. The van der Waals surface area contributed by atoms with Gasteiger partial charge in [-0.25, -0.2) is 0 Å². The van der Waals surface area contributed by atoms with Crippen molar-refractivity contribution in [1.29, 1.82) is 0 Å². The van der Waals surface area contributed by atoms with E-state index in [-0.39, 0.29) is 18.2 Å². The second-order valence-corrected chi connectivity index (χ2v) is 5.74. The Labute approximate surface area is 125 Å². The van der Waals surface area contributed by atoms with Gasteiger partial charge in [-0.05, 0) is 26.8 Å². The van der Waals surface area contributed by atoms with Gasteiger partial charge in [0.25, 0.3) is 0 Å². The Bertz CT molecular complexity index is 417. The number of ether oxygens (including phenoxy) is 2. The van der Waals surface area contributed by atoms with E-state index in [4.69, 9.17) is 21.1 Å². The third-order valence-corrected chi connectivity index (χ3v) is 3.69. The fourth-order valence-corrected chi connectivity index (χ4v) is 2.70. The van der Waals surface area contributed by atoms with Crippen molar-refractivity contribution in [2.45, 2.75) is 45.4 Å². The minimum Gasteiger partial charge on any atom is -0.376 e. The molecule has 114 valence electrons. The lowest BCUT2D eigenvalue weighted by Crippen LogP contribution is -2.42. The molecule has 1 aromatic heterocycles. The molecule has 5 nitrogen and oxygen atoms in total. The zero-order valence-corrected chi connectivity index (χ0v) is 13.2. The van der Waals surface area contributed by atoms with Gasteiger partial charge in [0.1, 0.15) is 6.10 Å². The molecular formula is C14H24ClN3O2. The molecule has 2 heterocycles. The number of rotatable bonds is 6. The number of hydrogen-bond acceptors (Lipinski definition) is 4. The van der Waals surface area contributed by atoms with E-state index < -0.39 is 0 Å². The Morgan fingerprint density at radius 1 is 1.50 bits per heavy atom. The Morgan fingerprint density at radius 2 is 2.30 bits per heavy atom. The van der Waals surface area contributed by atoms with Crippen LogP contribution in [0, 0.1) is 0 Å². The number of aromatic nitrogens is 2. The average molecular weight is 302 g/mol. The molecule has 1 N–H and O–H groups in total. The molecule has 1 aliphatic heterocycles. The number of nitrogens with zero attached hydrogens (tertiary/aromatic N) is 2. The topological polar surface area (TPSA) is 48.3 Å². The Hall–Kier alpha value is -0.620. The first-order valence-electron chi connectivity index (χ1n) is 7.30. The summed E-state index contributed by atoms with van der Waals surface area (Å²) in [6.07, 6.45) is 2.74. The second-order valence-electron chi connectivity index (χ2n) is 5.33. The Kier molecular flexibility index (Phi) is 5.84. The lowest BCUT2D eigenvalue weighted by atomic mass is 10.1. The molecule has 0 aromatic carbocycles. The summed E-state index contributed by atoms with van der Waals surface area (Å²) in [5.74, 6) is 0. The average Bonchev–Trinajstić information content (AvgIpc) is 2.83. The predicted molar refractivity (Wildman–Crippen MR) is 79.2 cm³/mol. The van der Waals surface area contributed by atoms with Crippen molar-refractivity contribution >= 4 is 11.6 Å². The van der Waals surface area contributed by atoms with Gasteiger partial charge in [-0.1, -0.05) is 18.5 Å². The highest BCUT2D eigenvalue weighted by Gasteiger charge is 2.31. The Balaban J connectivity index is 2.27. The Morgan fingerprint density at radius 3 is 2.90 bits per heavy atom. The molecule has 2 rings (SSSR count). The molecule has 2 unspecified atom stereocenters. The van der Waals surface area contributed by atoms with Crippen LogP contribution in [-0.2, 0) is 9.47 Å². The standard InChI is InChI=1S/C14H24ClN3O2/c1-4-5-16-13(12-9-19-6-7-20-12)14-11(15)8-17-18(14)10(2)3/h8,10,12-13,16H,4-7,9H2,1-3H3. The van der Waals surface area contributed by atoms with Crippen molar-refractivity contribution in [1.82, 2.24) is 15.1 Å². The molecule has 0 amide bonds. The smallest absolute Gasteiger partial charge is 0.102 e. The van der Waals surface area contributed by atoms with E-state index in [0.29, 0.717) is 24.8 Å². The van der Waals surface area contributed by atoms with Crippen LogP contribution in [-0.4, -0.2) is 42.2 Å². The SMILES string of the molecule is CCCNC(c1c(Cl)cnn1C(C)C)C1COCCO1. The molecule has 0 aliphatic carbocycles. The first-order chi connectivity index (χ1) is 9.65. The van der Waals surface area contributed by atoms with Crippen molar-refractivity contribution < 1.29 is 9.47 Å². The summed E-state index contributed by atoms with van der Waals surface area (Å²) in [6, 6.07) is 0.264. The molecule has 20 heavy (non-hydrogen) atoms. The van der Waals surface area contributed by atoms with E-state index >= 15 is 0 Å². The lowest BCUT2D eigenvalue weighted by Gasteiger charge is -2.32. The number of hydrogen-bond donors (Lipinski definition) is 1. The van der Waals surface area contributed by atoms with Crippen LogP contribution in [0.1, 0.15) is 45.0 Å². The minimum atomic E-state index is -0.0259. The van der Waals surface area contributed by atoms with Gasteiger partial charge >= 0.3 is 0 Å². The van der Waals surface area contributed by atoms with Gasteiger partial charge in [-0.3, -0.25) is 4.68 Å². The summed E-state index contributed by atoms with van der Waals surface area (Å²) in [7, 11) is 0. The van der Waals surface area contributed by atoms with Crippen LogP contribution < -0.4 is 5.32 Å². The lowest BCUT2D eigenvalue weighted by molar-refractivity contribution is -0.103. The molecule has 0 spiro atoms. The largest absolute Gasteiger partial charge is 0.376 e. The van der Waals surface area contributed by atoms with Crippen molar-refractivity contribution in [3.8, 4) is 0 Å². The molecule has 2 atom stereocenters. The fourth-order valence-electron chi connectivity index (χ4n) is 2.46. The molecular weight excluding hydrogens is 278 g/mol. The molecule has 1 aliphatic rings. The molecule has 0 bridgehead atoms. The van der Waals surface area contributed by atoms with Crippen LogP contribution in [0.3, 0.4) is 0 Å². The first-order valence-corrected chi connectivity index (χ1v) is 7.68. The van der Waals surface area contributed by atoms with Crippen LogP contribution in [0.25, 0.3) is 0 Å². The highest BCUT2D eigenvalue weighted by Crippen LogP contribution is 2.29. The highest BCUT2D eigenvalue weighted by atomic mass is 35.5. The summed E-state index contributed by atoms with van der Waals surface area (Å²) >= 11 is 6.36. The molecule has 1 fully saturated rings. The van der Waals surface area contributed by atoms with E-state index in [1.807, 2.05) is 4.68 Å². The molecule has 0 saturated carbocycles. The second kappa shape index (κ2) is 7.41. The van der Waals surface area contributed by atoms with Crippen molar-refractivity contribution in [3.63, 3.8) is 0 Å². The van der Waals surface area contributed by atoms with Crippen molar-refractivity contribution in [2.75, 3.05) is 26.4 Å². The van der Waals surface area contributed by atoms with Gasteiger partial charge in [0.05, 0.1) is 42.8 Å². The highest BCUT2D eigenvalue weighted by molar-refractivity contribution is 6.31. The zero-order valence-electron chi connectivity index (χ0n) is 12.4. The van der Waals surface area contributed by atoms with E-state index in [1.54, 1.807) is 6.20 Å². The molecule has 6 heteroatoms. The van der Waals surface area contributed by atoms with Gasteiger partial charge in [-0.15, -0.1) is 0 Å². The molecule has 0 radical (unpaired) electrons.